The van der Waals surface area contributed by atoms with E-state index in [1.54, 1.807) is 4.90 Å². The molecule has 1 heterocycles. The van der Waals surface area contributed by atoms with Crippen molar-refractivity contribution in [3.63, 3.8) is 0 Å². The van der Waals surface area contributed by atoms with Crippen LogP contribution < -0.4 is 5.32 Å². The highest BCUT2D eigenvalue weighted by Crippen LogP contribution is 2.20. The van der Waals surface area contributed by atoms with Gasteiger partial charge in [-0.15, -0.1) is 0 Å². The van der Waals surface area contributed by atoms with E-state index in [2.05, 4.69) is 10.2 Å². The molecule has 0 aromatic heterocycles. The van der Waals surface area contributed by atoms with Crippen molar-refractivity contribution in [1.82, 2.24) is 15.1 Å². The Morgan fingerprint density at radius 1 is 1.38 bits per heavy atom. The Labute approximate surface area is 132 Å². The molecule has 4 nitrogen and oxygen atoms in total. The maximum absolute atomic E-state index is 12.8. The van der Waals surface area contributed by atoms with Gasteiger partial charge < -0.3 is 10.2 Å². The molecule has 1 aromatic carbocycles. The van der Waals surface area contributed by atoms with Gasteiger partial charge in [0.2, 0.25) is 5.91 Å². The van der Waals surface area contributed by atoms with E-state index in [1.807, 2.05) is 45.2 Å². The molecule has 2 rings (SSSR count). The predicted molar refractivity (Wildman–Crippen MR) is 86.4 cm³/mol. The molecular weight excluding hydrogens is 286 g/mol. The fourth-order valence-corrected chi connectivity index (χ4v) is 3.02. The number of benzene rings is 1. The van der Waals surface area contributed by atoms with E-state index < -0.39 is 5.54 Å². The molecule has 0 bridgehead atoms. The molecule has 1 aliphatic heterocycles. The molecule has 0 aliphatic carbocycles. The van der Waals surface area contributed by atoms with Crippen molar-refractivity contribution in [3.05, 3.63) is 34.9 Å². The molecule has 0 unspecified atom stereocenters. The number of nitrogens with one attached hydrogen (secondary N) is 1. The monoisotopic (exact) mass is 309 g/mol. The number of nitrogens with zero attached hydrogens (tertiary/aromatic N) is 2. The Hall–Kier alpha value is -1.10. The van der Waals surface area contributed by atoms with Crippen LogP contribution in [0.1, 0.15) is 19.4 Å². The summed E-state index contributed by atoms with van der Waals surface area (Å²) in [6, 6.07) is 7.66. The fraction of sp³-hybridized carbons (Fsp3) is 0.562. The maximum Gasteiger partial charge on any atom is 0.242 e. The minimum atomic E-state index is -0.477. The molecule has 21 heavy (non-hydrogen) atoms. The molecule has 1 amide bonds. The predicted octanol–water partition coefficient (Wildman–Crippen LogP) is 1.98. The van der Waals surface area contributed by atoms with Gasteiger partial charge in [-0.05, 0) is 31.5 Å². The third-order valence-corrected chi connectivity index (χ3v) is 4.32. The zero-order valence-electron chi connectivity index (χ0n) is 13.0. The van der Waals surface area contributed by atoms with E-state index in [0.717, 1.165) is 31.7 Å². The zero-order valence-corrected chi connectivity index (χ0v) is 13.8. The van der Waals surface area contributed by atoms with Gasteiger partial charge in [-0.1, -0.05) is 23.7 Å². The summed E-state index contributed by atoms with van der Waals surface area (Å²) in [5, 5.41) is 4.02. The Morgan fingerprint density at radius 3 is 2.67 bits per heavy atom. The van der Waals surface area contributed by atoms with Gasteiger partial charge in [-0.3, -0.25) is 9.69 Å². The quantitative estimate of drug-likeness (QED) is 0.924. The van der Waals surface area contributed by atoms with Crippen LogP contribution in [0, 0.1) is 0 Å². The van der Waals surface area contributed by atoms with Crippen LogP contribution in [0.15, 0.2) is 24.3 Å². The van der Waals surface area contributed by atoms with E-state index >= 15 is 0 Å². The van der Waals surface area contributed by atoms with Crippen molar-refractivity contribution < 1.29 is 4.79 Å². The lowest BCUT2D eigenvalue weighted by Gasteiger charge is -2.41. The number of amides is 1. The van der Waals surface area contributed by atoms with Crippen molar-refractivity contribution in [2.24, 2.45) is 0 Å². The largest absolute Gasteiger partial charge is 0.340 e. The molecule has 1 N–H and O–H groups in total. The van der Waals surface area contributed by atoms with Crippen LogP contribution in [0.2, 0.25) is 5.02 Å². The average Bonchev–Trinajstić information content (AvgIpc) is 2.47. The second-order valence-electron chi connectivity index (χ2n) is 6.09. The summed E-state index contributed by atoms with van der Waals surface area (Å²) < 4.78 is 0. The van der Waals surface area contributed by atoms with E-state index in [-0.39, 0.29) is 5.91 Å². The molecular formula is C16H24ClN3O. The molecule has 1 fully saturated rings. The average molecular weight is 310 g/mol. The number of piperazine rings is 1. The molecule has 1 aromatic rings. The van der Waals surface area contributed by atoms with Crippen LogP contribution in [0.25, 0.3) is 0 Å². The Morgan fingerprint density at radius 2 is 2.05 bits per heavy atom. The van der Waals surface area contributed by atoms with Crippen LogP contribution >= 0.6 is 11.6 Å². The standard InChI is InChI=1S/C16H24ClN3O/c1-16(2,20-9-7-18-8-10-20)15(21)19(3)12-13-5-4-6-14(17)11-13/h4-6,11,18H,7-10,12H2,1-3H3. The van der Waals surface area contributed by atoms with Crippen LogP contribution in [-0.4, -0.2) is 54.5 Å². The molecule has 1 aliphatic rings. The van der Waals surface area contributed by atoms with E-state index in [0.29, 0.717) is 11.6 Å². The van der Waals surface area contributed by atoms with Gasteiger partial charge in [-0.25, -0.2) is 0 Å². The van der Waals surface area contributed by atoms with Gasteiger partial charge in [0.1, 0.15) is 0 Å². The zero-order chi connectivity index (χ0) is 15.5. The number of carbonyl (C=O) groups excluding carboxylic acids is 1. The molecule has 116 valence electrons. The highest BCUT2D eigenvalue weighted by molar-refractivity contribution is 6.30. The number of halogens is 1. The molecule has 5 heteroatoms. The third-order valence-electron chi connectivity index (χ3n) is 4.09. The summed E-state index contributed by atoms with van der Waals surface area (Å²) in [4.78, 5) is 16.8. The molecule has 0 atom stereocenters. The molecule has 0 saturated carbocycles. The van der Waals surface area contributed by atoms with Crippen molar-refractivity contribution in [2.45, 2.75) is 25.9 Å². The first-order valence-corrected chi connectivity index (χ1v) is 7.75. The molecule has 0 radical (unpaired) electrons. The third kappa shape index (κ3) is 3.96. The van der Waals surface area contributed by atoms with E-state index in [1.165, 1.54) is 0 Å². The van der Waals surface area contributed by atoms with Gasteiger partial charge in [0.25, 0.3) is 0 Å². The van der Waals surface area contributed by atoms with Crippen LogP contribution in [0.4, 0.5) is 0 Å². The first kappa shape index (κ1) is 16.3. The highest BCUT2D eigenvalue weighted by atomic mass is 35.5. The lowest BCUT2D eigenvalue weighted by atomic mass is 9.99. The summed E-state index contributed by atoms with van der Waals surface area (Å²) in [5.74, 6) is 0.143. The number of likely N-dealkylation sites (N-methyl/N-ethyl adjacent to an activating group) is 1. The number of rotatable bonds is 4. The van der Waals surface area contributed by atoms with E-state index in [9.17, 15) is 4.79 Å². The minimum Gasteiger partial charge on any atom is -0.340 e. The smallest absolute Gasteiger partial charge is 0.242 e. The first-order chi connectivity index (χ1) is 9.91. The van der Waals surface area contributed by atoms with Gasteiger partial charge in [0.15, 0.2) is 0 Å². The number of hydrogen-bond donors (Lipinski definition) is 1. The summed E-state index contributed by atoms with van der Waals surface area (Å²) in [6.07, 6.45) is 0. The highest BCUT2D eigenvalue weighted by Gasteiger charge is 2.37. The maximum atomic E-state index is 12.8. The topological polar surface area (TPSA) is 35.6 Å². The van der Waals surface area contributed by atoms with E-state index in [4.69, 9.17) is 11.6 Å². The Balaban J connectivity index is 2.03. The van der Waals surface area contributed by atoms with Crippen molar-refractivity contribution in [2.75, 3.05) is 33.2 Å². The SMILES string of the molecule is CN(Cc1cccc(Cl)c1)C(=O)C(C)(C)N1CCNCC1. The summed E-state index contributed by atoms with van der Waals surface area (Å²) in [6.45, 7) is 8.29. The lowest BCUT2D eigenvalue weighted by Crippen LogP contribution is -2.60. The van der Waals surface area contributed by atoms with Crippen LogP contribution in [0.5, 0.6) is 0 Å². The van der Waals surface area contributed by atoms with Gasteiger partial charge in [0, 0.05) is 44.8 Å². The lowest BCUT2D eigenvalue weighted by molar-refractivity contribution is -0.142. The van der Waals surface area contributed by atoms with Crippen molar-refractivity contribution in [3.8, 4) is 0 Å². The van der Waals surface area contributed by atoms with Gasteiger partial charge in [0.05, 0.1) is 5.54 Å². The first-order valence-electron chi connectivity index (χ1n) is 7.37. The molecule has 1 saturated heterocycles. The van der Waals surface area contributed by atoms with Crippen molar-refractivity contribution >= 4 is 17.5 Å². The number of hydrogen-bond acceptors (Lipinski definition) is 3. The van der Waals surface area contributed by atoms with Gasteiger partial charge >= 0.3 is 0 Å². The fourth-order valence-electron chi connectivity index (χ4n) is 2.81. The Kier molecular flexibility index (Phi) is 5.25. The van der Waals surface area contributed by atoms with Gasteiger partial charge in [-0.2, -0.15) is 0 Å². The molecule has 0 spiro atoms. The minimum absolute atomic E-state index is 0.143. The van der Waals surface area contributed by atoms with Crippen molar-refractivity contribution in [1.29, 1.82) is 0 Å². The van der Waals surface area contributed by atoms with Crippen LogP contribution in [0.3, 0.4) is 0 Å². The van der Waals surface area contributed by atoms with Crippen LogP contribution in [-0.2, 0) is 11.3 Å². The second-order valence-corrected chi connectivity index (χ2v) is 6.52. The second kappa shape index (κ2) is 6.77. The number of carbonyl (C=O) groups is 1. The normalized spacial score (nSPS) is 16.8. The summed E-state index contributed by atoms with van der Waals surface area (Å²) in [5.41, 5.74) is 0.574. The summed E-state index contributed by atoms with van der Waals surface area (Å²) in [7, 11) is 1.85. The summed E-state index contributed by atoms with van der Waals surface area (Å²) >= 11 is 6.00. The Bertz CT molecular complexity index is 498.